The number of benzene rings is 2. The zero-order chi connectivity index (χ0) is 23.3. The van der Waals surface area contributed by atoms with Crippen LogP contribution >= 0.6 is 0 Å². The second kappa shape index (κ2) is 9.71. The number of hydrogen-bond acceptors (Lipinski definition) is 5. The van der Waals surface area contributed by atoms with Gasteiger partial charge in [0, 0.05) is 23.0 Å². The van der Waals surface area contributed by atoms with Crippen molar-refractivity contribution in [1.29, 1.82) is 5.26 Å². The fourth-order valence-corrected chi connectivity index (χ4v) is 3.06. The summed E-state index contributed by atoms with van der Waals surface area (Å²) in [5.41, 5.74) is 3.70. The topological polar surface area (TPSA) is 97.0 Å². The van der Waals surface area contributed by atoms with Crippen molar-refractivity contribution < 1.29 is 18.7 Å². The molecule has 32 heavy (non-hydrogen) atoms. The number of ether oxygens (including phenoxy) is 1. The van der Waals surface area contributed by atoms with Crippen molar-refractivity contribution >= 4 is 23.6 Å². The van der Waals surface area contributed by atoms with Crippen LogP contribution in [-0.2, 0) is 14.3 Å². The molecule has 0 aliphatic heterocycles. The first-order valence-corrected chi connectivity index (χ1v) is 9.80. The lowest BCUT2D eigenvalue weighted by molar-refractivity contribution is -0.148. The third-order valence-electron chi connectivity index (χ3n) is 4.73. The van der Waals surface area contributed by atoms with E-state index in [1.165, 1.54) is 31.2 Å². The van der Waals surface area contributed by atoms with Gasteiger partial charge >= 0.3 is 5.97 Å². The minimum atomic E-state index is -1.04. The van der Waals surface area contributed by atoms with Crippen molar-refractivity contribution in [3.05, 3.63) is 82.9 Å². The van der Waals surface area contributed by atoms with Crippen molar-refractivity contribution in [2.75, 3.05) is 5.32 Å². The maximum atomic E-state index is 13.2. The summed E-state index contributed by atoms with van der Waals surface area (Å²) in [7, 11) is 0. The third-order valence-corrected chi connectivity index (χ3v) is 4.73. The first kappa shape index (κ1) is 22.4. The summed E-state index contributed by atoms with van der Waals surface area (Å²) >= 11 is 0. The first-order chi connectivity index (χ1) is 15.3. The maximum absolute atomic E-state index is 13.2. The Hall–Kier alpha value is -4.25. The molecule has 3 rings (SSSR count). The van der Waals surface area contributed by atoms with Gasteiger partial charge < -0.3 is 10.1 Å². The van der Waals surface area contributed by atoms with Crippen LogP contribution in [0.15, 0.2) is 54.6 Å². The average Bonchev–Trinajstić information content (AvgIpc) is 3.06. The van der Waals surface area contributed by atoms with Crippen LogP contribution in [0.3, 0.4) is 0 Å². The summed E-state index contributed by atoms with van der Waals surface area (Å²) in [6.07, 6.45) is 1.76. The number of halogens is 1. The highest BCUT2D eigenvalue weighted by atomic mass is 19.1. The lowest BCUT2D eigenvalue weighted by atomic mass is 10.2. The number of carbonyl (C=O) groups excluding carboxylic acids is 2. The van der Waals surface area contributed by atoms with Crippen molar-refractivity contribution in [1.82, 2.24) is 9.78 Å². The Bertz CT molecular complexity index is 1220. The Morgan fingerprint density at radius 3 is 2.62 bits per heavy atom. The van der Waals surface area contributed by atoms with Crippen molar-refractivity contribution in [3.8, 4) is 11.8 Å². The van der Waals surface area contributed by atoms with E-state index in [0.29, 0.717) is 22.6 Å². The van der Waals surface area contributed by atoms with Crippen molar-refractivity contribution in [2.45, 2.75) is 26.9 Å². The molecule has 0 saturated heterocycles. The lowest BCUT2D eigenvalue weighted by Gasteiger charge is -2.12. The molecule has 1 atom stereocenters. The second-order valence-corrected chi connectivity index (χ2v) is 7.07. The van der Waals surface area contributed by atoms with Crippen LogP contribution in [0, 0.1) is 31.0 Å². The van der Waals surface area contributed by atoms with E-state index in [2.05, 4.69) is 10.4 Å². The van der Waals surface area contributed by atoms with E-state index >= 15 is 0 Å². The monoisotopic (exact) mass is 432 g/mol. The molecule has 7 nitrogen and oxygen atoms in total. The number of anilines is 1. The molecule has 0 aliphatic rings. The van der Waals surface area contributed by atoms with E-state index in [1.54, 1.807) is 48.0 Å². The van der Waals surface area contributed by atoms with Crippen LogP contribution in [-0.4, -0.2) is 27.8 Å². The van der Waals surface area contributed by atoms with Crippen molar-refractivity contribution in [2.24, 2.45) is 0 Å². The van der Waals surface area contributed by atoms with Gasteiger partial charge in [0.2, 0.25) is 0 Å². The normalized spacial score (nSPS) is 11.7. The summed E-state index contributed by atoms with van der Waals surface area (Å²) in [4.78, 5) is 24.5. The molecule has 0 radical (unpaired) electrons. The van der Waals surface area contributed by atoms with Crippen LogP contribution in [0.4, 0.5) is 10.1 Å². The number of rotatable bonds is 6. The van der Waals surface area contributed by atoms with Crippen LogP contribution < -0.4 is 5.32 Å². The number of hydrogen-bond donors (Lipinski definition) is 1. The zero-order valence-electron chi connectivity index (χ0n) is 17.8. The van der Waals surface area contributed by atoms with Crippen LogP contribution in [0.25, 0.3) is 11.8 Å². The van der Waals surface area contributed by atoms with Gasteiger partial charge in [-0.25, -0.2) is 13.9 Å². The molecule has 0 aliphatic carbocycles. The molecule has 1 unspecified atom stereocenters. The van der Waals surface area contributed by atoms with E-state index in [9.17, 15) is 14.0 Å². The number of amides is 1. The second-order valence-electron chi connectivity index (χ2n) is 7.07. The van der Waals surface area contributed by atoms with E-state index in [0.717, 1.165) is 11.3 Å². The van der Waals surface area contributed by atoms with Crippen LogP contribution in [0.1, 0.15) is 29.4 Å². The Morgan fingerprint density at radius 1 is 1.22 bits per heavy atom. The highest BCUT2D eigenvalue weighted by Crippen LogP contribution is 2.20. The van der Waals surface area contributed by atoms with E-state index in [1.807, 2.05) is 13.0 Å². The molecular weight excluding hydrogens is 411 g/mol. The highest BCUT2D eigenvalue weighted by molar-refractivity contribution is 5.96. The van der Waals surface area contributed by atoms with E-state index < -0.39 is 18.0 Å². The summed E-state index contributed by atoms with van der Waals surface area (Å²) in [5, 5.41) is 16.0. The standard InChI is InChI=1S/C24H21FN4O3/c1-15-22(16(2)29(28-15)21-9-7-19(25)8-10-21)11-12-23(30)32-17(3)24(31)27-20-6-4-5-18(13-20)14-26/h4-13,17H,1-3H3,(H,27,31)/b12-11+. The van der Waals surface area contributed by atoms with Gasteiger partial charge in [-0.05, 0) is 69.3 Å². The minimum Gasteiger partial charge on any atom is -0.449 e. The predicted octanol–water partition coefficient (Wildman–Crippen LogP) is 4.08. The quantitative estimate of drug-likeness (QED) is 0.468. The Balaban J connectivity index is 1.65. The Kier molecular flexibility index (Phi) is 6.80. The average molecular weight is 432 g/mol. The molecule has 0 spiro atoms. The van der Waals surface area contributed by atoms with E-state index in [4.69, 9.17) is 10.00 Å². The smallest absolute Gasteiger partial charge is 0.331 e. The zero-order valence-corrected chi connectivity index (χ0v) is 17.8. The van der Waals surface area contributed by atoms with Gasteiger partial charge in [0.05, 0.1) is 23.0 Å². The minimum absolute atomic E-state index is 0.339. The molecule has 1 amide bonds. The molecular formula is C24H21FN4O3. The van der Waals surface area contributed by atoms with Crippen LogP contribution in [0.5, 0.6) is 0 Å². The molecule has 8 heteroatoms. The molecule has 162 valence electrons. The molecule has 0 fully saturated rings. The molecule has 3 aromatic rings. The van der Waals surface area contributed by atoms with Gasteiger partial charge in [-0.3, -0.25) is 4.79 Å². The van der Waals surface area contributed by atoms with Gasteiger partial charge in [-0.2, -0.15) is 10.4 Å². The molecule has 1 heterocycles. The lowest BCUT2D eigenvalue weighted by Crippen LogP contribution is -2.29. The fourth-order valence-electron chi connectivity index (χ4n) is 3.06. The number of aromatic nitrogens is 2. The third kappa shape index (κ3) is 5.26. The maximum Gasteiger partial charge on any atom is 0.331 e. The largest absolute Gasteiger partial charge is 0.449 e. The van der Waals surface area contributed by atoms with Gasteiger partial charge in [-0.15, -0.1) is 0 Å². The summed E-state index contributed by atoms with van der Waals surface area (Å²) in [5.74, 6) is -1.54. The molecule has 2 aromatic carbocycles. The van der Waals surface area contributed by atoms with Gasteiger partial charge in [-0.1, -0.05) is 6.07 Å². The molecule has 0 bridgehead atoms. The van der Waals surface area contributed by atoms with Gasteiger partial charge in [0.1, 0.15) is 5.82 Å². The molecule has 1 N–H and O–H groups in total. The fraction of sp³-hybridized carbons (Fsp3) is 0.167. The first-order valence-electron chi connectivity index (χ1n) is 9.80. The highest BCUT2D eigenvalue weighted by Gasteiger charge is 2.17. The Morgan fingerprint density at radius 2 is 1.94 bits per heavy atom. The van der Waals surface area contributed by atoms with Crippen molar-refractivity contribution in [3.63, 3.8) is 0 Å². The Labute approximate surface area is 184 Å². The molecule has 1 aromatic heterocycles. The SMILES string of the molecule is Cc1nn(-c2ccc(F)cc2)c(C)c1/C=C/C(=O)OC(C)C(=O)Nc1cccc(C#N)c1. The number of nitrogens with zero attached hydrogens (tertiary/aromatic N) is 3. The number of aryl methyl sites for hydroxylation is 1. The number of esters is 1. The van der Waals surface area contributed by atoms with E-state index in [-0.39, 0.29) is 5.82 Å². The summed E-state index contributed by atoms with van der Waals surface area (Å²) < 4.78 is 20.0. The number of carbonyl (C=O) groups is 2. The molecule has 0 saturated carbocycles. The number of nitriles is 1. The predicted molar refractivity (Wildman–Crippen MR) is 117 cm³/mol. The van der Waals surface area contributed by atoms with Crippen LogP contribution in [0.2, 0.25) is 0 Å². The summed E-state index contributed by atoms with van der Waals surface area (Å²) in [6, 6.07) is 14.3. The van der Waals surface area contributed by atoms with Gasteiger partial charge in [0.25, 0.3) is 5.91 Å². The van der Waals surface area contributed by atoms with Gasteiger partial charge in [0.15, 0.2) is 6.10 Å². The summed E-state index contributed by atoms with van der Waals surface area (Å²) in [6.45, 7) is 5.08. The number of nitrogens with one attached hydrogen (secondary N) is 1.